The summed E-state index contributed by atoms with van der Waals surface area (Å²) in [6.45, 7) is 1.35. The summed E-state index contributed by atoms with van der Waals surface area (Å²) < 4.78 is 5.50. The van der Waals surface area contributed by atoms with Crippen molar-refractivity contribution in [2.75, 3.05) is 44.0 Å². The number of fused-ring (bicyclic) bond motifs is 1. The number of carbonyl (C=O) groups excluding carboxylic acids is 2. The smallest absolute Gasteiger partial charge is 0.265 e. The third kappa shape index (κ3) is 3.97. The molecule has 0 saturated carbocycles. The Kier molecular flexibility index (Phi) is 5.00. The summed E-state index contributed by atoms with van der Waals surface area (Å²) in [4.78, 5) is 28.3. The normalized spacial score (nSPS) is 13.4. The number of nitrogens with one attached hydrogen (secondary N) is 1. The zero-order valence-electron chi connectivity index (χ0n) is 14.4. The van der Waals surface area contributed by atoms with Crippen LogP contribution in [0.2, 0.25) is 0 Å². The highest BCUT2D eigenvalue weighted by Gasteiger charge is 2.25. The van der Waals surface area contributed by atoms with E-state index in [4.69, 9.17) is 4.74 Å². The molecule has 3 rings (SSSR count). The summed E-state index contributed by atoms with van der Waals surface area (Å²) in [5.74, 6) is 0.375. The predicted molar refractivity (Wildman–Crippen MR) is 97.2 cm³/mol. The molecular formula is C19H21N3O3. The molecule has 130 valence electrons. The third-order valence-corrected chi connectivity index (χ3v) is 3.97. The summed E-state index contributed by atoms with van der Waals surface area (Å²) in [6.07, 6.45) is 0. The van der Waals surface area contributed by atoms with Crippen LogP contribution in [0.1, 0.15) is 10.4 Å². The molecule has 25 heavy (non-hydrogen) atoms. The number of carbonyl (C=O) groups is 2. The maximum absolute atomic E-state index is 12.3. The van der Waals surface area contributed by atoms with Crippen molar-refractivity contribution >= 4 is 23.2 Å². The first-order valence-corrected chi connectivity index (χ1v) is 8.13. The average Bonchev–Trinajstić information content (AvgIpc) is 2.61. The van der Waals surface area contributed by atoms with Crippen LogP contribution in [0, 0.1) is 0 Å². The topological polar surface area (TPSA) is 61.9 Å². The highest BCUT2D eigenvalue weighted by molar-refractivity contribution is 6.05. The van der Waals surface area contributed by atoms with Crippen molar-refractivity contribution in [1.82, 2.24) is 4.90 Å². The number of rotatable bonds is 5. The number of nitrogens with zero attached hydrogens (tertiary/aromatic N) is 2. The molecule has 1 heterocycles. The zero-order chi connectivity index (χ0) is 17.8. The van der Waals surface area contributed by atoms with Gasteiger partial charge in [0.05, 0.1) is 5.69 Å². The molecule has 6 nitrogen and oxygen atoms in total. The third-order valence-electron chi connectivity index (χ3n) is 3.97. The van der Waals surface area contributed by atoms with Crippen molar-refractivity contribution in [3.8, 4) is 5.75 Å². The Morgan fingerprint density at radius 3 is 2.68 bits per heavy atom. The number of hydrogen-bond donors (Lipinski definition) is 1. The van der Waals surface area contributed by atoms with Gasteiger partial charge in [-0.1, -0.05) is 18.2 Å². The molecule has 1 aliphatic rings. The average molecular weight is 339 g/mol. The van der Waals surface area contributed by atoms with Gasteiger partial charge in [0.2, 0.25) is 0 Å². The second-order valence-electron chi connectivity index (χ2n) is 6.14. The molecule has 0 radical (unpaired) electrons. The molecule has 0 aliphatic carbocycles. The molecule has 0 bridgehead atoms. The van der Waals surface area contributed by atoms with Crippen LogP contribution in [0.4, 0.5) is 11.4 Å². The fraction of sp³-hybridized carbons (Fsp3) is 0.263. The van der Waals surface area contributed by atoms with E-state index in [0.29, 0.717) is 29.2 Å². The van der Waals surface area contributed by atoms with Crippen LogP contribution in [-0.2, 0) is 4.79 Å². The molecule has 0 unspecified atom stereocenters. The van der Waals surface area contributed by atoms with Crippen LogP contribution in [0.25, 0.3) is 0 Å². The van der Waals surface area contributed by atoms with Crippen molar-refractivity contribution < 1.29 is 14.3 Å². The van der Waals surface area contributed by atoms with E-state index in [1.54, 1.807) is 35.2 Å². The lowest BCUT2D eigenvalue weighted by molar-refractivity contribution is -0.121. The summed E-state index contributed by atoms with van der Waals surface area (Å²) >= 11 is 0. The van der Waals surface area contributed by atoms with Crippen molar-refractivity contribution in [1.29, 1.82) is 0 Å². The SMILES string of the molecule is CN(C)CCN1C(=O)COc2ccc(NC(=O)c3ccccc3)cc21. The van der Waals surface area contributed by atoms with Crippen LogP contribution in [-0.4, -0.2) is 50.5 Å². The highest BCUT2D eigenvalue weighted by Crippen LogP contribution is 2.34. The van der Waals surface area contributed by atoms with Gasteiger partial charge in [-0.25, -0.2) is 0 Å². The van der Waals surface area contributed by atoms with Crippen LogP contribution < -0.4 is 15.0 Å². The highest BCUT2D eigenvalue weighted by atomic mass is 16.5. The van der Waals surface area contributed by atoms with E-state index in [-0.39, 0.29) is 18.4 Å². The first-order chi connectivity index (χ1) is 12.0. The van der Waals surface area contributed by atoms with Crippen molar-refractivity contribution in [2.24, 2.45) is 0 Å². The second kappa shape index (κ2) is 7.36. The van der Waals surface area contributed by atoms with Crippen LogP contribution in [0.3, 0.4) is 0 Å². The van der Waals surface area contributed by atoms with Gasteiger partial charge in [0.25, 0.3) is 11.8 Å². The van der Waals surface area contributed by atoms with Crippen LogP contribution >= 0.6 is 0 Å². The maximum atomic E-state index is 12.3. The summed E-state index contributed by atoms with van der Waals surface area (Å²) in [7, 11) is 3.92. The molecule has 2 amide bonds. The second-order valence-corrected chi connectivity index (χ2v) is 6.14. The van der Waals surface area contributed by atoms with E-state index >= 15 is 0 Å². The zero-order valence-corrected chi connectivity index (χ0v) is 14.4. The van der Waals surface area contributed by atoms with Gasteiger partial charge >= 0.3 is 0 Å². The minimum absolute atomic E-state index is 0.0378. The molecule has 0 aromatic heterocycles. The van der Waals surface area contributed by atoms with E-state index < -0.39 is 0 Å². The lowest BCUT2D eigenvalue weighted by Crippen LogP contribution is -2.42. The van der Waals surface area contributed by atoms with Crippen LogP contribution in [0.15, 0.2) is 48.5 Å². The first-order valence-electron chi connectivity index (χ1n) is 8.13. The van der Waals surface area contributed by atoms with Gasteiger partial charge in [-0.2, -0.15) is 0 Å². The summed E-state index contributed by atoms with van der Waals surface area (Å²) in [5.41, 5.74) is 1.89. The van der Waals surface area contributed by atoms with E-state index in [0.717, 1.165) is 6.54 Å². The van der Waals surface area contributed by atoms with Gasteiger partial charge in [-0.05, 0) is 44.4 Å². The van der Waals surface area contributed by atoms with E-state index in [9.17, 15) is 9.59 Å². The Morgan fingerprint density at radius 2 is 1.96 bits per heavy atom. The van der Waals surface area contributed by atoms with Gasteiger partial charge in [-0.15, -0.1) is 0 Å². The number of benzene rings is 2. The van der Waals surface area contributed by atoms with Gasteiger partial charge in [0.1, 0.15) is 5.75 Å². The molecule has 6 heteroatoms. The molecule has 2 aromatic rings. The number of ether oxygens (including phenoxy) is 1. The molecule has 1 aliphatic heterocycles. The Hall–Kier alpha value is -2.86. The number of anilines is 2. The Labute approximate surface area is 147 Å². The summed E-state index contributed by atoms with van der Waals surface area (Å²) in [6, 6.07) is 14.3. The predicted octanol–water partition coefficient (Wildman–Crippen LogP) is 2.23. The minimum Gasteiger partial charge on any atom is -0.482 e. The van der Waals surface area contributed by atoms with Crippen molar-refractivity contribution in [2.45, 2.75) is 0 Å². The van der Waals surface area contributed by atoms with E-state index in [1.165, 1.54) is 0 Å². The maximum Gasteiger partial charge on any atom is 0.265 e. The fourth-order valence-corrected chi connectivity index (χ4v) is 2.62. The van der Waals surface area contributed by atoms with Crippen LogP contribution in [0.5, 0.6) is 5.75 Å². The molecule has 0 fully saturated rings. The fourth-order valence-electron chi connectivity index (χ4n) is 2.62. The van der Waals surface area contributed by atoms with E-state index in [2.05, 4.69) is 5.32 Å². The molecular weight excluding hydrogens is 318 g/mol. The van der Waals surface area contributed by atoms with E-state index in [1.807, 2.05) is 37.2 Å². The minimum atomic E-state index is -0.191. The van der Waals surface area contributed by atoms with Crippen molar-refractivity contribution in [3.05, 3.63) is 54.1 Å². The number of likely N-dealkylation sites (N-methyl/N-ethyl adjacent to an activating group) is 1. The van der Waals surface area contributed by atoms with Gasteiger partial charge < -0.3 is 19.9 Å². The lowest BCUT2D eigenvalue weighted by atomic mass is 10.1. The van der Waals surface area contributed by atoms with Gasteiger partial charge in [0, 0.05) is 24.3 Å². The molecule has 0 spiro atoms. The van der Waals surface area contributed by atoms with Gasteiger partial charge in [-0.3, -0.25) is 9.59 Å². The Balaban J connectivity index is 1.82. The first kappa shape index (κ1) is 17.0. The number of hydrogen-bond acceptors (Lipinski definition) is 4. The lowest BCUT2D eigenvalue weighted by Gasteiger charge is -2.30. The summed E-state index contributed by atoms with van der Waals surface area (Å²) in [5, 5.41) is 2.87. The Morgan fingerprint density at radius 1 is 1.20 bits per heavy atom. The van der Waals surface area contributed by atoms with Crippen molar-refractivity contribution in [3.63, 3.8) is 0 Å². The molecule has 2 aromatic carbocycles. The quantitative estimate of drug-likeness (QED) is 0.907. The molecule has 1 N–H and O–H groups in total. The largest absolute Gasteiger partial charge is 0.482 e. The Bertz CT molecular complexity index is 775. The van der Waals surface area contributed by atoms with Gasteiger partial charge in [0.15, 0.2) is 6.61 Å². The molecule has 0 atom stereocenters. The number of amides is 2. The monoisotopic (exact) mass is 339 g/mol. The standard InChI is InChI=1S/C19H21N3O3/c1-21(2)10-11-22-16-12-15(8-9-17(16)25-13-18(22)23)20-19(24)14-6-4-3-5-7-14/h3-9,12H,10-11,13H2,1-2H3,(H,20,24). The molecule has 0 saturated heterocycles.